The number of guanidine groups is 1. The molecule has 0 radical (unpaired) electrons. The molecule has 0 aliphatic rings. The van der Waals surface area contributed by atoms with Crippen molar-refractivity contribution in [2.45, 2.75) is 19.3 Å². The highest BCUT2D eigenvalue weighted by Gasteiger charge is 1.94. The normalized spacial score (nSPS) is 10.8. The molecule has 0 saturated heterocycles. The number of hydrogen-bond acceptors (Lipinski definition) is 3. The van der Waals surface area contributed by atoms with E-state index in [2.05, 4.69) is 32.7 Å². The van der Waals surface area contributed by atoms with E-state index in [1.54, 1.807) is 6.20 Å². The first-order valence-electron chi connectivity index (χ1n) is 8.07. The average molecular weight is 439 g/mol. The molecular formula is C18H26IN5. The van der Waals surface area contributed by atoms with Crippen LogP contribution < -0.4 is 16.4 Å². The summed E-state index contributed by atoms with van der Waals surface area (Å²) in [4.78, 5) is 8.55. The van der Waals surface area contributed by atoms with Gasteiger partial charge in [-0.05, 0) is 37.0 Å². The van der Waals surface area contributed by atoms with Gasteiger partial charge in [0.15, 0.2) is 5.96 Å². The number of nitrogens with two attached hydrogens (primary N) is 1. The number of unbranched alkanes of at least 4 members (excludes halogenated alkanes) is 1. The topological polar surface area (TPSA) is 75.3 Å². The fourth-order valence-electron chi connectivity index (χ4n) is 2.16. The van der Waals surface area contributed by atoms with Gasteiger partial charge in [0.05, 0.1) is 0 Å². The van der Waals surface area contributed by atoms with E-state index in [1.165, 1.54) is 5.56 Å². The summed E-state index contributed by atoms with van der Waals surface area (Å²) in [6.07, 6.45) is 4.78. The number of benzene rings is 1. The molecule has 4 N–H and O–H groups in total. The SMILES string of the molecule is I.NC(=NCCCCNc1ccccn1)NCCc1ccccc1. The van der Waals surface area contributed by atoms with Gasteiger partial charge < -0.3 is 16.4 Å². The molecule has 0 fully saturated rings. The van der Waals surface area contributed by atoms with E-state index in [0.29, 0.717) is 5.96 Å². The third-order valence-corrected chi connectivity index (χ3v) is 3.40. The molecule has 2 rings (SSSR count). The summed E-state index contributed by atoms with van der Waals surface area (Å²) in [5.41, 5.74) is 7.16. The number of nitrogens with one attached hydrogen (secondary N) is 2. The summed E-state index contributed by atoms with van der Waals surface area (Å²) in [6, 6.07) is 16.2. The Hall–Kier alpha value is -1.83. The number of aromatic nitrogens is 1. The lowest BCUT2D eigenvalue weighted by molar-refractivity contribution is 0.763. The molecule has 2 aromatic rings. The summed E-state index contributed by atoms with van der Waals surface area (Å²) < 4.78 is 0. The molecule has 0 saturated carbocycles. The minimum atomic E-state index is 0. The number of rotatable bonds is 9. The Balaban J connectivity index is 0.00000288. The van der Waals surface area contributed by atoms with Gasteiger partial charge in [-0.25, -0.2) is 4.98 Å². The number of aliphatic imine (C=N–C) groups is 1. The van der Waals surface area contributed by atoms with E-state index in [0.717, 1.165) is 44.7 Å². The van der Waals surface area contributed by atoms with Crippen molar-refractivity contribution in [3.8, 4) is 0 Å². The zero-order valence-corrected chi connectivity index (χ0v) is 16.1. The highest BCUT2D eigenvalue weighted by atomic mass is 127. The molecule has 0 bridgehead atoms. The fraction of sp³-hybridized carbons (Fsp3) is 0.333. The molecule has 1 aromatic heterocycles. The van der Waals surface area contributed by atoms with Gasteiger partial charge in [-0.15, -0.1) is 24.0 Å². The van der Waals surface area contributed by atoms with Gasteiger partial charge in [-0.3, -0.25) is 4.99 Å². The Bertz CT molecular complexity index is 574. The molecule has 0 amide bonds. The Labute approximate surface area is 161 Å². The second kappa shape index (κ2) is 12.6. The maximum atomic E-state index is 5.86. The van der Waals surface area contributed by atoms with Crippen molar-refractivity contribution >= 4 is 35.8 Å². The lowest BCUT2D eigenvalue weighted by atomic mass is 10.1. The van der Waals surface area contributed by atoms with Crippen molar-refractivity contribution in [2.75, 3.05) is 25.0 Å². The van der Waals surface area contributed by atoms with Crippen LogP contribution in [-0.4, -0.2) is 30.6 Å². The first-order chi connectivity index (χ1) is 11.3. The molecule has 0 spiro atoms. The molecule has 6 heteroatoms. The summed E-state index contributed by atoms with van der Waals surface area (Å²) in [5, 5.41) is 6.43. The summed E-state index contributed by atoms with van der Waals surface area (Å²) in [6.45, 7) is 2.45. The maximum Gasteiger partial charge on any atom is 0.188 e. The third kappa shape index (κ3) is 8.71. The van der Waals surface area contributed by atoms with Crippen molar-refractivity contribution in [1.82, 2.24) is 10.3 Å². The van der Waals surface area contributed by atoms with E-state index in [1.807, 2.05) is 36.4 Å². The molecule has 5 nitrogen and oxygen atoms in total. The highest BCUT2D eigenvalue weighted by molar-refractivity contribution is 14.0. The monoisotopic (exact) mass is 439 g/mol. The Morgan fingerprint density at radius 2 is 1.79 bits per heavy atom. The largest absolute Gasteiger partial charge is 0.370 e. The molecular weight excluding hydrogens is 413 g/mol. The van der Waals surface area contributed by atoms with Gasteiger partial charge in [-0.2, -0.15) is 0 Å². The highest BCUT2D eigenvalue weighted by Crippen LogP contribution is 2.00. The smallest absolute Gasteiger partial charge is 0.188 e. The van der Waals surface area contributed by atoms with Crippen molar-refractivity contribution in [3.63, 3.8) is 0 Å². The van der Waals surface area contributed by atoms with Crippen LogP contribution in [0.25, 0.3) is 0 Å². The first-order valence-corrected chi connectivity index (χ1v) is 8.07. The van der Waals surface area contributed by atoms with Gasteiger partial charge in [0.2, 0.25) is 0 Å². The van der Waals surface area contributed by atoms with E-state index in [9.17, 15) is 0 Å². The van der Waals surface area contributed by atoms with Crippen molar-refractivity contribution < 1.29 is 0 Å². The molecule has 24 heavy (non-hydrogen) atoms. The Kier molecular flexibility index (Phi) is 10.6. The van der Waals surface area contributed by atoms with Gasteiger partial charge in [0, 0.05) is 25.8 Å². The number of halogens is 1. The minimum absolute atomic E-state index is 0. The first kappa shape index (κ1) is 20.2. The van der Waals surface area contributed by atoms with Crippen LogP contribution in [0.5, 0.6) is 0 Å². The molecule has 0 aliphatic carbocycles. The maximum absolute atomic E-state index is 5.86. The lowest BCUT2D eigenvalue weighted by Gasteiger charge is -2.06. The van der Waals surface area contributed by atoms with E-state index < -0.39 is 0 Å². The predicted molar refractivity (Wildman–Crippen MR) is 112 cm³/mol. The van der Waals surface area contributed by atoms with Crippen LogP contribution in [-0.2, 0) is 6.42 Å². The molecule has 1 heterocycles. The Morgan fingerprint density at radius 3 is 2.54 bits per heavy atom. The van der Waals surface area contributed by atoms with E-state index in [4.69, 9.17) is 5.73 Å². The van der Waals surface area contributed by atoms with Crippen molar-refractivity contribution in [2.24, 2.45) is 10.7 Å². The molecule has 130 valence electrons. The van der Waals surface area contributed by atoms with Gasteiger partial charge in [0.25, 0.3) is 0 Å². The van der Waals surface area contributed by atoms with Crippen molar-refractivity contribution in [1.29, 1.82) is 0 Å². The summed E-state index contributed by atoms with van der Waals surface area (Å²) in [7, 11) is 0. The van der Waals surface area contributed by atoms with Gasteiger partial charge in [0.1, 0.15) is 5.82 Å². The zero-order chi connectivity index (χ0) is 16.2. The summed E-state index contributed by atoms with van der Waals surface area (Å²) in [5.74, 6) is 1.44. The average Bonchev–Trinajstić information content (AvgIpc) is 2.60. The quantitative estimate of drug-likeness (QED) is 0.243. The van der Waals surface area contributed by atoms with E-state index >= 15 is 0 Å². The number of nitrogens with zero attached hydrogens (tertiary/aromatic N) is 2. The van der Waals surface area contributed by atoms with Crippen LogP contribution >= 0.6 is 24.0 Å². The molecule has 0 aliphatic heterocycles. The number of hydrogen-bond donors (Lipinski definition) is 3. The van der Waals surface area contributed by atoms with Gasteiger partial charge >= 0.3 is 0 Å². The van der Waals surface area contributed by atoms with Crippen molar-refractivity contribution in [3.05, 3.63) is 60.3 Å². The van der Waals surface area contributed by atoms with E-state index in [-0.39, 0.29) is 24.0 Å². The zero-order valence-electron chi connectivity index (χ0n) is 13.8. The second-order valence-electron chi connectivity index (χ2n) is 5.28. The van der Waals surface area contributed by atoms with Crippen LogP contribution in [0.15, 0.2) is 59.7 Å². The Morgan fingerprint density at radius 1 is 1.00 bits per heavy atom. The number of anilines is 1. The fourth-order valence-corrected chi connectivity index (χ4v) is 2.16. The van der Waals surface area contributed by atoms with Crippen LogP contribution in [0.4, 0.5) is 5.82 Å². The van der Waals surface area contributed by atoms with Crippen LogP contribution in [0.3, 0.4) is 0 Å². The predicted octanol–water partition coefficient (Wildman–Crippen LogP) is 3.04. The molecule has 0 atom stereocenters. The number of pyridine rings is 1. The van der Waals surface area contributed by atoms with Crippen LogP contribution in [0, 0.1) is 0 Å². The van der Waals surface area contributed by atoms with Gasteiger partial charge in [-0.1, -0.05) is 36.4 Å². The third-order valence-electron chi connectivity index (χ3n) is 3.40. The van der Waals surface area contributed by atoms with Crippen LogP contribution in [0.2, 0.25) is 0 Å². The van der Waals surface area contributed by atoms with Crippen LogP contribution in [0.1, 0.15) is 18.4 Å². The molecule has 0 unspecified atom stereocenters. The lowest BCUT2D eigenvalue weighted by Crippen LogP contribution is -2.33. The second-order valence-corrected chi connectivity index (χ2v) is 5.28. The minimum Gasteiger partial charge on any atom is -0.370 e. The summed E-state index contributed by atoms with van der Waals surface area (Å²) >= 11 is 0. The molecule has 1 aromatic carbocycles. The standard InChI is InChI=1S/C18H25N5.HI/c19-18(23-15-11-16-8-2-1-3-9-16)22-14-7-6-13-21-17-10-4-5-12-20-17;/h1-5,8-10,12H,6-7,11,13-15H2,(H,20,21)(H3,19,22,23);1H.